The standard InChI is InChI=1S/C31H43N3O6S2/c1-6-7-15-33-16-17-34(23-33)18-19-40-28(38)31(4,42-26(41)24-11-9-8-10-12-24)21-30(3,27(37)39-5)20-29(2,22-32)14-13-25(35)36/h8-12,16-17H,6-7,13-15,18-21,23H2,1-5H3,(H,35,36). The van der Waals surface area contributed by atoms with Gasteiger partial charge < -0.3 is 24.4 Å². The minimum Gasteiger partial charge on any atom is -0.481 e. The molecule has 0 amide bonds. The number of aliphatic carboxylic acids is 1. The number of hydrogen-bond donors (Lipinski definition) is 1. The molecule has 9 nitrogen and oxygen atoms in total. The predicted octanol–water partition coefficient (Wildman–Crippen LogP) is 5.60. The van der Waals surface area contributed by atoms with Gasteiger partial charge in [0.15, 0.2) is 0 Å². The van der Waals surface area contributed by atoms with E-state index in [1.54, 1.807) is 20.8 Å². The lowest BCUT2D eigenvalue weighted by Gasteiger charge is -2.39. The first kappa shape index (κ1) is 35.1. The summed E-state index contributed by atoms with van der Waals surface area (Å²) >= 11 is 6.86. The summed E-state index contributed by atoms with van der Waals surface area (Å²) in [5.74, 6) is -2.16. The van der Waals surface area contributed by atoms with E-state index in [0.29, 0.717) is 10.7 Å². The molecule has 3 atom stereocenters. The Bertz CT molecular complexity index is 1170. The van der Waals surface area contributed by atoms with Gasteiger partial charge in [0.05, 0.1) is 41.4 Å². The highest BCUT2D eigenvalue weighted by Gasteiger charge is 2.50. The molecule has 1 aliphatic rings. The zero-order valence-corrected chi connectivity index (χ0v) is 26.9. The topological polar surface area (TPSA) is 120 Å². The summed E-state index contributed by atoms with van der Waals surface area (Å²) in [6.45, 7) is 9.46. The van der Waals surface area contributed by atoms with Crippen LogP contribution in [-0.2, 0) is 23.9 Å². The van der Waals surface area contributed by atoms with Gasteiger partial charge in [-0.1, -0.05) is 67.7 Å². The summed E-state index contributed by atoms with van der Waals surface area (Å²) in [6.07, 6.45) is 6.00. The highest BCUT2D eigenvalue weighted by atomic mass is 32.2. The molecule has 1 N–H and O–H groups in total. The largest absolute Gasteiger partial charge is 0.481 e. The van der Waals surface area contributed by atoms with E-state index >= 15 is 0 Å². The van der Waals surface area contributed by atoms with Gasteiger partial charge in [0.25, 0.3) is 0 Å². The number of thiocarbonyl (C=S) groups is 1. The number of carbonyl (C=O) groups is 3. The van der Waals surface area contributed by atoms with Gasteiger partial charge >= 0.3 is 17.9 Å². The number of thioether (sulfide) groups is 1. The molecule has 1 aromatic carbocycles. The number of nitrogens with zero attached hydrogens (tertiary/aromatic N) is 3. The number of methoxy groups -OCH3 is 1. The molecular weight excluding hydrogens is 574 g/mol. The Balaban J connectivity index is 2.29. The zero-order valence-electron chi connectivity index (χ0n) is 25.3. The molecule has 230 valence electrons. The first-order chi connectivity index (χ1) is 19.8. The van der Waals surface area contributed by atoms with Crippen molar-refractivity contribution in [1.29, 1.82) is 5.26 Å². The van der Waals surface area contributed by atoms with E-state index in [-0.39, 0.29) is 32.3 Å². The Labute approximate surface area is 259 Å². The molecule has 11 heteroatoms. The lowest BCUT2D eigenvalue weighted by Crippen LogP contribution is -2.45. The Morgan fingerprint density at radius 2 is 1.71 bits per heavy atom. The number of carboxylic acids is 1. The van der Waals surface area contributed by atoms with Gasteiger partial charge in [-0.3, -0.25) is 14.4 Å². The molecule has 0 saturated heterocycles. The van der Waals surface area contributed by atoms with Crippen LogP contribution in [0.1, 0.15) is 71.8 Å². The van der Waals surface area contributed by atoms with Crippen LogP contribution >= 0.6 is 24.0 Å². The number of ether oxygens (including phenoxy) is 2. The SMILES string of the molecule is CCCCN1C=CN(CCOC(=O)C(C)(CC(C)(CC(C)(C#N)CCC(=O)O)C(=O)OC)SC(=S)c2ccccc2)C1. The maximum absolute atomic E-state index is 13.8. The Morgan fingerprint density at radius 1 is 1.07 bits per heavy atom. The predicted molar refractivity (Wildman–Crippen MR) is 167 cm³/mol. The third kappa shape index (κ3) is 10.3. The van der Waals surface area contributed by atoms with E-state index < -0.39 is 33.5 Å². The molecule has 0 bridgehead atoms. The average molecular weight is 618 g/mol. The van der Waals surface area contributed by atoms with E-state index in [1.807, 2.05) is 42.7 Å². The van der Waals surface area contributed by atoms with Crippen molar-refractivity contribution in [3.63, 3.8) is 0 Å². The summed E-state index contributed by atoms with van der Waals surface area (Å²) < 4.78 is 10.1. The van der Waals surface area contributed by atoms with Gasteiger partial charge in [-0.25, -0.2) is 0 Å². The quantitative estimate of drug-likeness (QED) is 0.174. The molecule has 0 spiro atoms. The second-order valence-corrected chi connectivity index (χ2v) is 13.7. The fourth-order valence-electron chi connectivity index (χ4n) is 5.19. The number of nitriles is 1. The molecule has 0 fully saturated rings. The smallest absolute Gasteiger partial charge is 0.322 e. The van der Waals surface area contributed by atoms with E-state index in [1.165, 1.54) is 7.11 Å². The highest BCUT2D eigenvalue weighted by molar-refractivity contribution is 8.25. The molecule has 0 saturated carbocycles. The van der Waals surface area contributed by atoms with E-state index in [4.69, 9.17) is 21.7 Å². The molecule has 1 aliphatic heterocycles. The third-order valence-corrected chi connectivity index (χ3v) is 9.04. The Hall–Kier alpha value is -3.10. The molecule has 1 heterocycles. The molecule has 1 aromatic rings. The monoisotopic (exact) mass is 617 g/mol. The molecule has 3 unspecified atom stereocenters. The number of carbonyl (C=O) groups excluding carboxylic acids is 2. The molecule has 42 heavy (non-hydrogen) atoms. The van der Waals surface area contributed by atoms with Gasteiger partial charge in [0, 0.05) is 25.4 Å². The summed E-state index contributed by atoms with van der Waals surface area (Å²) in [4.78, 5) is 42.6. The number of unbranched alkanes of at least 4 members (excludes halogenated alkanes) is 1. The summed E-state index contributed by atoms with van der Waals surface area (Å²) in [6, 6.07) is 11.5. The highest BCUT2D eigenvalue weighted by Crippen LogP contribution is 2.47. The molecular formula is C31H43N3O6S2. The Morgan fingerprint density at radius 3 is 2.29 bits per heavy atom. The first-order valence-corrected chi connectivity index (χ1v) is 15.4. The zero-order chi connectivity index (χ0) is 31.4. The molecule has 0 aromatic heterocycles. The number of hydrogen-bond acceptors (Lipinski definition) is 10. The maximum atomic E-state index is 13.8. The fourth-order valence-corrected chi connectivity index (χ4v) is 7.07. The van der Waals surface area contributed by atoms with Crippen molar-refractivity contribution in [3.05, 3.63) is 48.3 Å². The lowest BCUT2D eigenvalue weighted by atomic mass is 9.68. The van der Waals surface area contributed by atoms with Gasteiger partial charge in [0.1, 0.15) is 11.4 Å². The summed E-state index contributed by atoms with van der Waals surface area (Å²) in [5.41, 5.74) is -1.71. The average Bonchev–Trinajstić information content (AvgIpc) is 3.42. The first-order valence-electron chi connectivity index (χ1n) is 14.1. The van der Waals surface area contributed by atoms with Crippen LogP contribution in [0, 0.1) is 22.2 Å². The van der Waals surface area contributed by atoms with E-state index in [9.17, 15) is 24.8 Å². The van der Waals surface area contributed by atoms with E-state index in [2.05, 4.69) is 22.8 Å². The van der Waals surface area contributed by atoms with Crippen molar-refractivity contribution >= 4 is 46.1 Å². The van der Waals surface area contributed by atoms with E-state index in [0.717, 1.165) is 43.4 Å². The van der Waals surface area contributed by atoms with Crippen molar-refractivity contribution in [2.24, 2.45) is 10.8 Å². The van der Waals surface area contributed by atoms with Gasteiger partial charge in [0.2, 0.25) is 0 Å². The normalized spacial score (nSPS) is 17.0. The number of carboxylic acid groups (broad SMARTS) is 1. The molecule has 2 rings (SSSR count). The van der Waals surface area contributed by atoms with Crippen LogP contribution in [0.3, 0.4) is 0 Å². The molecule has 0 aliphatic carbocycles. The van der Waals surface area contributed by atoms with Crippen LogP contribution < -0.4 is 0 Å². The van der Waals surface area contributed by atoms with Crippen molar-refractivity contribution in [1.82, 2.24) is 9.80 Å². The van der Waals surface area contributed by atoms with Crippen LogP contribution in [0.5, 0.6) is 0 Å². The van der Waals surface area contributed by atoms with Crippen LogP contribution in [0.4, 0.5) is 0 Å². The van der Waals surface area contributed by atoms with Crippen molar-refractivity contribution in [2.75, 3.05) is 33.5 Å². The van der Waals surface area contributed by atoms with Gasteiger partial charge in [-0.15, -0.1) is 0 Å². The maximum Gasteiger partial charge on any atom is 0.322 e. The lowest BCUT2D eigenvalue weighted by molar-refractivity contribution is -0.156. The second kappa shape index (κ2) is 15.9. The van der Waals surface area contributed by atoms with Crippen molar-refractivity contribution in [2.45, 2.75) is 71.0 Å². The third-order valence-electron chi connectivity index (χ3n) is 7.37. The van der Waals surface area contributed by atoms with Crippen molar-refractivity contribution < 1.29 is 29.0 Å². The number of benzene rings is 1. The number of esters is 2. The minimum atomic E-state index is -1.32. The number of rotatable bonds is 17. The van der Waals surface area contributed by atoms with Crippen LogP contribution in [0.2, 0.25) is 0 Å². The second-order valence-electron chi connectivity index (χ2n) is 11.5. The van der Waals surface area contributed by atoms with Crippen molar-refractivity contribution in [3.8, 4) is 6.07 Å². The van der Waals surface area contributed by atoms with Gasteiger partial charge in [-0.05, 0) is 52.0 Å². The van der Waals surface area contributed by atoms with Crippen LogP contribution in [0.15, 0.2) is 42.7 Å². The summed E-state index contributed by atoms with van der Waals surface area (Å²) in [7, 11) is 1.26. The van der Waals surface area contributed by atoms with Crippen LogP contribution in [-0.4, -0.2) is 75.2 Å². The van der Waals surface area contributed by atoms with Crippen LogP contribution in [0.25, 0.3) is 0 Å². The van der Waals surface area contributed by atoms with Gasteiger partial charge in [-0.2, -0.15) is 5.26 Å². The summed E-state index contributed by atoms with van der Waals surface area (Å²) in [5, 5.41) is 19.2. The minimum absolute atomic E-state index is 0.00977. The fraction of sp³-hybridized carbons (Fsp3) is 0.581. The Kier molecular flexibility index (Phi) is 13.3. The molecule has 0 radical (unpaired) electrons.